The Morgan fingerprint density at radius 3 is 1.34 bits per heavy atom. The molecule has 0 bridgehead atoms. The van der Waals surface area contributed by atoms with E-state index in [1.807, 2.05) is 0 Å². The molecule has 0 saturated carbocycles. The summed E-state index contributed by atoms with van der Waals surface area (Å²) in [4.78, 5) is 9.91. The number of hydrogen-bond acceptors (Lipinski definition) is 13. The van der Waals surface area contributed by atoms with Gasteiger partial charge in [-0.3, -0.25) is 17.8 Å². The molecule has 0 heterocycles. The number of carbonyl (C=O) groups excluding carboxylic acids is 1. The zero-order valence-electron chi connectivity index (χ0n) is 19.9. The molecule has 15 nitrogen and oxygen atoms in total. The normalized spacial score (nSPS) is 11.7. The first kappa shape index (κ1) is 42.7. The molecule has 0 aromatic rings. The van der Waals surface area contributed by atoms with Crippen molar-refractivity contribution in [3.05, 3.63) is 0 Å². The van der Waals surface area contributed by atoms with Gasteiger partial charge < -0.3 is 11.9 Å². The number of hydrogen-bond donors (Lipinski definition) is 6. The van der Waals surface area contributed by atoms with Crippen LogP contribution in [-0.2, 0) is 49.4 Å². The van der Waals surface area contributed by atoms with E-state index in [4.69, 9.17) is 13.7 Å². The van der Waals surface area contributed by atoms with E-state index in [2.05, 4.69) is 39.9 Å². The molecule has 0 aliphatic carbocycles. The first-order chi connectivity index (χ1) is 15.2. The molecule has 0 radical (unpaired) electrons. The maximum absolute atomic E-state index is 11.0. The van der Waals surface area contributed by atoms with Gasteiger partial charge in [0.05, 0.1) is 36.2 Å². The molecule has 22 heteroatoms. The van der Waals surface area contributed by atoms with Crippen LogP contribution >= 0.6 is 25.3 Å². The number of rotatable bonds is 15. The maximum Gasteiger partial charge on any atom is 1.00 e. The second-order valence-electron chi connectivity index (χ2n) is 5.97. The fourth-order valence-corrected chi connectivity index (χ4v) is 4.59. The summed E-state index contributed by atoms with van der Waals surface area (Å²) in [5.74, 6) is -0.332. The summed E-state index contributed by atoms with van der Waals surface area (Å²) in [7, 11) is -15.3. The van der Waals surface area contributed by atoms with Gasteiger partial charge in [-0.2, -0.15) is 58.9 Å². The van der Waals surface area contributed by atoms with E-state index in [0.29, 0.717) is 24.3 Å². The summed E-state index contributed by atoms with van der Waals surface area (Å²) in [6.07, 6.45) is -0.188. The average Bonchev–Trinajstić information content (AvgIpc) is 2.64. The van der Waals surface area contributed by atoms with Gasteiger partial charge in [0, 0.05) is 0 Å². The van der Waals surface area contributed by atoms with Crippen molar-refractivity contribution >= 4 is 71.8 Å². The van der Waals surface area contributed by atoms with Gasteiger partial charge in [0.2, 0.25) is 0 Å². The smallest absolute Gasteiger partial charge is 1.00 e. The molecule has 0 aromatic heterocycles. The Bertz CT molecular complexity index is 973. The SMILES string of the molecule is NC(=O)OCCCS(=O)(=O)O.O=S(=O)(O)CCCOS(=O)(=O)CCCS.O=S(=O)(O)CCCS.[H-].[Na+]. The Labute approximate surface area is 241 Å². The van der Waals surface area contributed by atoms with E-state index in [9.17, 15) is 38.5 Å². The van der Waals surface area contributed by atoms with Crippen LogP contribution in [0.1, 0.15) is 27.1 Å². The molecule has 210 valence electrons. The van der Waals surface area contributed by atoms with Gasteiger partial charge in [0.15, 0.2) is 0 Å². The van der Waals surface area contributed by atoms with Crippen molar-refractivity contribution in [2.45, 2.75) is 25.7 Å². The molecule has 0 saturated heterocycles. The fourth-order valence-electron chi connectivity index (χ4n) is 1.39. The van der Waals surface area contributed by atoms with Gasteiger partial charge in [-0.05, 0) is 37.2 Å². The van der Waals surface area contributed by atoms with Gasteiger partial charge in [-0.1, -0.05) is 0 Å². The molecule has 0 unspecified atom stereocenters. The standard InChI is InChI=1S/C6H14O6S3.C4H9NO5S.C3H8O3S2.Na.H/c7-14(8,9)5-1-3-12-15(10,11)6-2-4-13;5-4(6)10-2-1-3-11(7,8)9;4-8(5,6)3-1-2-7;;/h13H,1-6H2,(H,7,8,9);1-3H2,(H2,5,6)(H,7,8,9);7H,1-3H2,(H,4,5,6);;/q;;;+1;-1. The van der Waals surface area contributed by atoms with E-state index in [-0.39, 0.29) is 68.5 Å². The van der Waals surface area contributed by atoms with Crippen LogP contribution in [0.3, 0.4) is 0 Å². The molecule has 0 fully saturated rings. The van der Waals surface area contributed by atoms with Gasteiger partial charge in [-0.25, -0.2) is 4.79 Å². The van der Waals surface area contributed by atoms with Gasteiger partial charge >= 0.3 is 35.7 Å². The first-order valence-corrected chi connectivity index (χ1v) is 16.8. The van der Waals surface area contributed by atoms with E-state index < -0.39 is 58.1 Å². The zero-order valence-corrected chi connectivity index (χ0v) is 26.0. The monoisotopic (exact) mass is 641 g/mol. The predicted octanol–water partition coefficient (Wildman–Crippen LogP) is -3.40. The van der Waals surface area contributed by atoms with Crippen LogP contribution in [0, 0.1) is 0 Å². The summed E-state index contributed by atoms with van der Waals surface area (Å²) in [5.41, 5.74) is 4.57. The molecular formula is C13H32NNaO14S6. The van der Waals surface area contributed by atoms with Gasteiger partial charge in [-0.15, -0.1) is 0 Å². The second kappa shape index (κ2) is 22.6. The third kappa shape index (κ3) is 48.3. The molecule has 0 spiro atoms. The quantitative estimate of drug-likeness (QED) is 0.0335. The Hall–Kier alpha value is 0.610. The van der Waals surface area contributed by atoms with Crippen molar-refractivity contribution in [1.82, 2.24) is 0 Å². The van der Waals surface area contributed by atoms with Crippen LogP contribution in [0.4, 0.5) is 4.79 Å². The number of nitrogens with two attached hydrogens (primary N) is 1. The van der Waals surface area contributed by atoms with Crippen LogP contribution in [0.15, 0.2) is 0 Å². The van der Waals surface area contributed by atoms with Crippen molar-refractivity contribution in [1.29, 1.82) is 0 Å². The van der Waals surface area contributed by atoms with Crippen molar-refractivity contribution in [2.24, 2.45) is 5.73 Å². The number of ether oxygens (including phenoxy) is 1. The summed E-state index contributed by atoms with van der Waals surface area (Å²) in [5, 5.41) is 0. The minimum atomic E-state index is -4.05. The van der Waals surface area contributed by atoms with Crippen molar-refractivity contribution < 1.29 is 92.0 Å². The zero-order chi connectivity index (χ0) is 27.5. The topological polar surface area (TPSA) is 259 Å². The number of carbonyl (C=O) groups is 1. The third-order valence-electron chi connectivity index (χ3n) is 2.71. The Morgan fingerprint density at radius 2 is 1.03 bits per heavy atom. The summed E-state index contributed by atoms with van der Waals surface area (Å²) in [6.45, 7) is -0.343. The molecule has 0 rings (SSSR count). The van der Waals surface area contributed by atoms with E-state index in [0.717, 1.165) is 0 Å². The van der Waals surface area contributed by atoms with Crippen molar-refractivity contribution in [3.8, 4) is 0 Å². The van der Waals surface area contributed by atoms with Crippen molar-refractivity contribution in [3.63, 3.8) is 0 Å². The molecule has 35 heavy (non-hydrogen) atoms. The molecule has 1 amide bonds. The van der Waals surface area contributed by atoms with E-state index in [1.165, 1.54) is 0 Å². The Kier molecular flexibility index (Phi) is 27.5. The Balaban J connectivity index is -0.000000136. The minimum absolute atomic E-state index is 0. The Morgan fingerprint density at radius 1 is 0.686 bits per heavy atom. The number of thiol groups is 2. The molecular weight excluding hydrogens is 610 g/mol. The first-order valence-electron chi connectivity index (χ1n) is 9.11. The molecule has 0 atom stereocenters. The van der Waals surface area contributed by atoms with Gasteiger partial charge in [0.25, 0.3) is 40.5 Å². The average molecular weight is 642 g/mol. The molecule has 0 aliphatic rings. The predicted molar refractivity (Wildman–Crippen MR) is 132 cm³/mol. The second-order valence-corrected chi connectivity index (χ2v) is 13.3. The van der Waals surface area contributed by atoms with Gasteiger partial charge in [0.1, 0.15) is 0 Å². The van der Waals surface area contributed by atoms with Crippen LogP contribution in [0.2, 0.25) is 0 Å². The largest absolute Gasteiger partial charge is 1.00 e. The third-order valence-corrected chi connectivity index (χ3v) is 7.07. The summed E-state index contributed by atoms with van der Waals surface area (Å²) in [6, 6.07) is 0. The molecule has 0 aliphatic heterocycles. The maximum atomic E-state index is 11.0. The van der Waals surface area contributed by atoms with Crippen molar-refractivity contribution in [2.75, 3.05) is 47.7 Å². The number of primary amides is 1. The van der Waals surface area contributed by atoms with E-state index >= 15 is 0 Å². The fraction of sp³-hybridized carbons (Fsp3) is 0.923. The van der Waals surface area contributed by atoms with Crippen LogP contribution in [0.5, 0.6) is 0 Å². The summed E-state index contributed by atoms with van der Waals surface area (Å²) >= 11 is 7.60. The van der Waals surface area contributed by atoms with Crippen LogP contribution in [0.25, 0.3) is 0 Å². The van der Waals surface area contributed by atoms with Crippen LogP contribution in [-0.4, -0.2) is 101 Å². The van der Waals surface area contributed by atoms with E-state index in [1.54, 1.807) is 0 Å². The molecule has 5 N–H and O–H groups in total. The molecule has 0 aromatic carbocycles. The van der Waals surface area contributed by atoms with Crippen LogP contribution < -0.4 is 35.3 Å². The number of amides is 1. The minimum Gasteiger partial charge on any atom is -1.00 e. The summed E-state index contributed by atoms with van der Waals surface area (Å²) < 4.78 is 116.